The molecule has 0 unspecified atom stereocenters. The molecule has 22 heavy (non-hydrogen) atoms. The number of hydrazone groups is 1. The molecule has 0 fully saturated rings. The van der Waals surface area contributed by atoms with Gasteiger partial charge >= 0.3 is 0 Å². The van der Waals surface area contributed by atoms with Crippen molar-refractivity contribution in [1.29, 1.82) is 0 Å². The molecular weight excluding hydrogens is 280 g/mol. The fraction of sp³-hybridized carbons (Fsp3) is 0.176. The molecule has 0 aromatic heterocycles. The standard InChI is InChI=1S/C17H18N2O3/c1-12(13-7-6-8-14(11-13)21-2)18-19-17(20)15-9-4-5-10-16(15)22-3/h4-11H,1-3H3,(H,19,20). The third-order valence-corrected chi connectivity index (χ3v) is 3.16. The van der Waals surface area contributed by atoms with Gasteiger partial charge < -0.3 is 9.47 Å². The number of rotatable bonds is 5. The van der Waals surface area contributed by atoms with E-state index in [0.29, 0.717) is 17.0 Å². The van der Waals surface area contributed by atoms with Crippen molar-refractivity contribution in [2.45, 2.75) is 6.92 Å². The number of para-hydroxylation sites is 1. The number of ether oxygens (including phenoxy) is 2. The van der Waals surface area contributed by atoms with E-state index in [1.165, 1.54) is 7.11 Å². The summed E-state index contributed by atoms with van der Waals surface area (Å²) in [5, 5.41) is 4.13. The monoisotopic (exact) mass is 298 g/mol. The predicted molar refractivity (Wildman–Crippen MR) is 85.7 cm³/mol. The summed E-state index contributed by atoms with van der Waals surface area (Å²) in [6.45, 7) is 1.82. The summed E-state index contributed by atoms with van der Waals surface area (Å²) < 4.78 is 10.3. The molecule has 0 aliphatic heterocycles. The van der Waals surface area contributed by atoms with E-state index in [9.17, 15) is 4.79 Å². The maximum Gasteiger partial charge on any atom is 0.275 e. The van der Waals surface area contributed by atoms with E-state index in [1.807, 2.05) is 31.2 Å². The van der Waals surface area contributed by atoms with Crippen LogP contribution in [0.5, 0.6) is 11.5 Å². The van der Waals surface area contributed by atoms with Crippen molar-refractivity contribution in [2.24, 2.45) is 5.10 Å². The number of carbonyl (C=O) groups is 1. The van der Waals surface area contributed by atoms with Crippen molar-refractivity contribution in [2.75, 3.05) is 14.2 Å². The minimum Gasteiger partial charge on any atom is -0.497 e. The third kappa shape index (κ3) is 3.63. The molecule has 0 bridgehead atoms. The highest BCUT2D eigenvalue weighted by atomic mass is 16.5. The summed E-state index contributed by atoms with van der Waals surface area (Å²) in [6, 6.07) is 14.5. The van der Waals surface area contributed by atoms with Gasteiger partial charge in [0.1, 0.15) is 11.5 Å². The summed E-state index contributed by atoms with van der Waals surface area (Å²) in [5.74, 6) is 0.928. The van der Waals surface area contributed by atoms with E-state index in [2.05, 4.69) is 10.5 Å². The minimum atomic E-state index is -0.320. The van der Waals surface area contributed by atoms with Crippen LogP contribution in [-0.2, 0) is 0 Å². The molecule has 0 saturated heterocycles. The first-order chi connectivity index (χ1) is 10.7. The lowest BCUT2D eigenvalue weighted by molar-refractivity contribution is 0.0952. The van der Waals surface area contributed by atoms with Crippen molar-refractivity contribution in [3.8, 4) is 11.5 Å². The number of benzene rings is 2. The van der Waals surface area contributed by atoms with Gasteiger partial charge in [0.15, 0.2) is 0 Å². The van der Waals surface area contributed by atoms with Gasteiger partial charge in [-0.3, -0.25) is 4.79 Å². The number of hydrogen-bond donors (Lipinski definition) is 1. The van der Waals surface area contributed by atoms with Crippen LogP contribution in [0.1, 0.15) is 22.8 Å². The Labute approximate surface area is 129 Å². The average Bonchev–Trinajstić information content (AvgIpc) is 2.59. The second-order valence-electron chi connectivity index (χ2n) is 4.57. The molecule has 2 aromatic rings. The summed E-state index contributed by atoms with van der Waals surface area (Å²) in [4.78, 5) is 12.2. The van der Waals surface area contributed by atoms with Gasteiger partial charge in [0.2, 0.25) is 0 Å². The quantitative estimate of drug-likeness (QED) is 0.682. The van der Waals surface area contributed by atoms with Crippen LogP contribution >= 0.6 is 0 Å². The zero-order valence-corrected chi connectivity index (χ0v) is 12.8. The highest BCUT2D eigenvalue weighted by Crippen LogP contribution is 2.17. The van der Waals surface area contributed by atoms with Crippen molar-refractivity contribution in [1.82, 2.24) is 5.43 Å². The second-order valence-corrected chi connectivity index (χ2v) is 4.57. The molecule has 0 radical (unpaired) electrons. The fourth-order valence-corrected chi connectivity index (χ4v) is 1.94. The smallest absolute Gasteiger partial charge is 0.275 e. The molecule has 1 amide bonds. The number of amides is 1. The van der Waals surface area contributed by atoms with Crippen LogP contribution < -0.4 is 14.9 Å². The number of carbonyl (C=O) groups excluding carboxylic acids is 1. The van der Waals surface area contributed by atoms with Crippen molar-refractivity contribution >= 4 is 11.6 Å². The Hall–Kier alpha value is -2.82. The fourth-order valence-electron chi connectivity index (χ4n) is 1.94. The van der Waals surface area contributed by atoms with E-state index in [1.54, 1.807) is 31.4 Å². The third-order valence-electron chi connectivity index (χ3n) is 3.16. The zero-order chi connectivity index (χ0) is 15.9. The van der Waals surface area contributed by atoms with Gasteiger partial charge in [-0.05, 0) is 31.2 Å². The van der Waals surface area contributed by atoms with Crippen LogP contribution in [0, 0.1) is 0 Å². The highest BCUT2D eigenvalue weighted by Gasteiger charge is 2.10. The van der Waals surface area contributed by atoms with Gasteiger partial charge in [-0.15, -0.1) is 0 Å². The van der Waals surface area contributed by atoms with Gasteiger partial charge in [0, 0.05) is 5.56 Å². The van der Waals surface area contributed by atoms with Crippen molar-refractivity contribution < 1.29 is 14.3 Å². The largest absolute Gasteiger partial charge is 0.497 e. The molecule has 5 heteroatoms. The molecule has 0 aliphatic carbocycles. The Morgan fingerprint density at radius 3 is 2.55 bits per heavy atom. The lowest BCUT2D eigenvalue weighted by Gasteiger charge is -2.07. The number of hydrogen-bond acceptors (Lipinski definition) is 4. The molecular formula is C17H18N2O3. The summed E-state index contributed by atoms with van der Waals surface area (Å²) >= 11 is 0. The van der Waals surface area contributed by atoms with Crippen LogP contribution in [0.25, 0.3) is 0 Å². The molecule has 0 aliphatic rings. The molecule has 0 heterocycles. The molecule has 2 aromatic carbocycles. The summed E-state index contributed by atoms with van der Waals surface area (Å²) in [6.07, 6.45) is 0. The van der Waals surface area contributed by atoms with Crippen LogP contribution in [0.4, 0.5) is 0 Å². The van der Waals surface area contributed by atoms with Crippen molar-refractivity contribution in [3.63, 3.8) is 0 Å². The van der Waals surface area contributed by atoms with Gasteiger partial charge in [0.25, 0.3) is 5.91 Å². The molecule has 1 N–H and O–H groups in total. The Balaban J connectivity index is 2.14. The predicted octanol–water partition coefficient (Wildman–Crippen LogP) is 2.86. The Kier molecular flexibility index (Phi) is 5.14. The highest BCUT2D eigenvalue weighted by molar-refractivity contribution is 6.01. The van der Waals surface area contributed by atoms with E-state index in [-0.39, 0.29) is 5.91 Å². The lowest BCUT2D eigenvalue weighted by atomic mass is 10.1. The Morgan fingerprint density at radius 1 is 1.05 bits per heavy atom. The van der Waals surface area contributed by atoms with Crippen LogP contribution in [0.15, 0.2) is 53.6 Å². The summed E-state index contributed by atoms with van der Waals surface area (Å²) in [7, 11) is 3.13. The van der Waals surface area contributed by atoms with Crippen LogP contribution in [0.2, 0.25) is 0 Å². The maximum atomic E-state index is 12.2. The first-order valence-electron chi connectivity index (χ1n) is 6.77. The second kappa shape index (κ2) is 7.26. The average molecular weight is 298 g/mol. The van der Waals surface area contributed by atoms with Gasteiger partial charge in [-0.1, -0.05) is 24.3 Å². The summed E-state index contributed by atoms with van der Waals surface area (Å²) in [5.41, 5.74) is 4.53. The number of nitrogens with zero attached hydrogens (tertiary/aromatic N) is 1. The van der Waals surface area contributed by atoms with E-state index in [0.717, 1.165) is 11.3 Å². The number of nitrogens with one attached hydrogen (secondary N) is 1. The van der Waals surface area contributed by atoms with E-state index >= 15 is 0 Å². The normalized spacial score (nSPS) is 11.0. The first kappa shape index (κ1) is 15.6. The Morgan fingerprint density at radius 2 is 1.82 bits per heavy atom. The van der Waals surface area contributed by atoms with Gasteiger partial charge in [0.05, 0.1) is 25.5 Å². The molecule has 2 rings (SSSR count). The topological polar surface area (TPSA) is 59.9 Å². The molecule has 5 nitrogen and oxygen atoms in total. The lowest BCUT2D eigenvalue weighted by Crippen LogP contribution is -2.20. The maximum absolute atomic E-state index is 12.2. The molecule has 114 valence electrons. The van der Waals surface area contributed by atoms with Gasteiger partial charge in [-0.25, -0.2) is 5.43 Å². The number of methoxy groups -OCH3 is 2. The SMILES string of the molecule is COc1cccc(C(C)=NNC(=O)c2ccccc2OC)c1. The van der Waals surface area contributed by atoms with Crippen molar-refractivity contribution in [3.05, 3.63) is 59.7 Å². The van der Waals surface area contributed by atoms with Gasteiger partial charge in [-0.2, -0.15) is 5.10 Å². The first-order valence-corrected chi connectivity index (χ1v) is 6.77. The zero-order valence-electron chi connectivity index (χ0n) is 12.8. The van der Waals surface area contributed by atoms with E-state index < -0.39 is 0 Å². The molecule has 0 spiro atoms. The molecule has 0 atom stereocenters. The van der Waals surface area contributed by atoms with Crippen LogP contribution in [-0.4, -0.2) is 25.8 Å². The van der Waals surface area contributed by atoms with Crippen LogP contribution in [0.3, 0.4) is 0 Å². The minimum absolute atomic E-state index is 0.320. The Bertz CT molecular complexity index is 696. The molecule has 0 saturated carbocycles. The van der Waals surface area contributed by atoms with E-state index in [4.69, 9.17) is 9.47 Å².